The van der Waals surface area contributed by atoms with Gasteiger partial charge in [-0.3, -0.25) is 10.1 Å². The summed E-state index contributed by atoms with van der Waals surface area (Å²) in [7, 11) is 1.55. The van der Waals surface area contributed by atoms with Crippen molar-refractivity contribution in [1.82, 2.24) is 25.3 Å². The molecule has 0 aliphatic carbocycles. The number of amides is 3. The molecule has 0 bridgehead atoms. The minimum Gasteiger partial charge on any atom is -0.444 e. The van der Waals surface area contributed by atoms with Crippen LogP contribution < -0.4 is 21.0 Å². The topological polar surface area (TPSA) is 197 Å². The fraction of sp³-hybridized carbons (Fsp3) is 0.257. The molecule has 0 atom stereocenters. The van der Waals surface area contributed by atoms with Crippen LogP contribution in [0.2, 0.25) is 0 Å². The Morgan fingerprint density at radius 3 is 2.39 bits per heavy atom. The van der Waals surface area contributed by atoms with E-state index in [0.717, 1.165) is 10.9 Å². The van der Waals surface area contributed by atoms with E-state index in [4.69, 9.17) is 23.4 Å². The van der Waals surface area contributed by atoms with Gasteiger partial charge in [-0.05, 0) is 61.4 Å². The molecule has 0 fully saturated rings. The zero-order valence-corrected chi connectivity index (χ0v) is 28.1. The molecule has 264 valence electrons. The minimum atomic E-state index is -0.699. The first-order valence-corrected chi connectivity index (χ1v) is 15.8. The van der Waals surface area contributed by atoms with Crippen molar-refractivity contribution in [3.05, 3.63) is 100 Å². The third kappa shape index (κ3) is 10.4. The highest BCUT2D eigenvalue weighted by molar-refractivity contribution is 5.92. The van der Waals surface area contributed by atoms with Crippen molar-refractivity contribution >= 4 is 40.4 Å². The van der Waals surface area contributed by atoms with Crippen LogP contribution in [-0.4, -0.2) is 76.9 Å². The van der Waals surface area contributed by atoms with Gasteiger partial charge in [0, 0.05) is 48.1 Å². The highest BCUT2D eigenvalue weighted by Crippen LogP contribution is 2.22. The van der Waals surface area contributed by atoms with E-state index in [0.29, 0.717) is 47.8 Å². The van der Waals surface area contributed by atoms with Gasteiger partial charge in [-0.25, -0.2) is 14.4 Å². The number of fused-ring (bicyclic) bond motifs is 1. The molecule has 5 rings (SSSR count). The number of hydrogen-bond acceptors (Lipinski definition) is 13. The van der Waals surface area contributed by atoms with Crippen LogP contribution in [-0.2, 0) is 32.2 Å². The maximum atomic E-state index is 12.9. The molecule has 0 radical (unpaired) electrons. The Kier molecular flexibility index (Phi) is 12.3. The van der Waals surface area contributed by atoms with Gasteiger partial charge in [0.1, 0.15) is 24.5 Å². The second-order valence-corrected chi connectivity index (χ2v) is 11.0. The Labute approximate surface area is 291 Å². The van der Waals surface area contributed by atoms with Crippen molar-refractivity contribution in [1.29, 1.82) is 0 Å². The molecule has 2 aromatic heterocycles. The maximum absolute atomic E-state index is 12.9. The first-order valence-electron chi connectivity index (χ1n) is 15.8. The van der Waals surface area contributed by atoms with Gasteiger partial charge in [-0.1, -0.05) is 24.3 Å². The van der Waals surface area contributed by atoms with Crippen molar-refractivity contribution in [2.45, 2.75) is 27.0 Å². The molecule has 0 saturated carbocycles. The summed E-state index contributed by atoms with van der Waals surface area (Å²) < 4.78 is 26.2. The second kappa shape index (κ2) is 17.4. The number of aryl methyl sites for hydroxylation is 1. The predicted octanol–water partition coefficient (Wildman–Crippen LogP) is 4.72. The van der Waals surface area contributed by atoms with Crippen molar-refractivity contribution in [2.75, 3.05) is 44.1 Å². The number of carbonyl (C=O) groups is 3. The van der Waals surface area contributed by atoms with Gasteiger partial charge in [-0.2, -0.15) is 0 Å². The molecular formula is C35H35N7O9. The van der Waals surface area contributed by atoms with E-state index in [1.807, 2.05) is 0 Å². The predicted molar refractivity (Wildman–Crippen MR) is 184 cm³/mol. The molecule has 16 nitrogen and oxygen atoms in total. The largest absolute Gasteiger partial charge is 0.444 e. The molecule has 5 aromatic rings. The lowest BCUT2D eigenvalue weighted by atomic mass is 10.1. The zero-order valence-electron chi connectivity index (χ0n) is 28.1. The Bertz CT molecular complexity index is 2040. The second-order valence-electron chi connectivity index (χ2n) is 11.0. The summed E-state index contributed by atoms with van der Waals surface area (Å²) in [5, 5.41) is 22.6. The fourth-order valence-corrected chi connectivity index (χ4v) is 4.67. The quantitative estimate of drug-likeness (QED) is 0.120. The Hall–Kier alpha value is -6.26. The molecule has 0 aliphatic heterocycles. The van der Waals surface area contributed by atoms with E-state index in [1.54, 1.807) is 87.7 Å². The van der Waals surface area contributed by atoms with Gasteiger partial charge >= 0.3 is 17.8 Å². The minimum absolute atomic E-state index is 0.00121. The number of rotatable bonds is 14. The molecule has 3 amide bonds. The van der Waals surface area contributed by atoms with Crippen molar-refractivity contribution in [3.8, 4) is 17.1 Å². The van der Waals surface area contributed by atoms with E-state index in [2.05, 4.69) is 31.0 Å². The summed E-state index contributed by atoms with van der Waals surface area (Å²) in [5.41, 5.74) is 2.82. The zero-order chi connectivity index (χ0) is 36.2. The monoisotopic (exact) mass is 697 g/mol. The smallest absolute Gasteiger partial charge is 0.415 e. The molecule has 0 saturated heterocycles. The summed E-state index contributed by atoms with van der Waals surface area (Å²) in [6.07, 6.45) is -1.33. The SMILES string of the molecule is CCN(Cc1nnc(-c2cccc(NC(=O)COCCOC)c2)nn1)C(=O)Oc1ccc(COC(=O)Nc2ccc3c(C)cc(=O)oc3c2)cc1. The number of carbonyl (C=O) groups excluding carboxylic acids is 3. The summed E-state index contributed by atoms with van der Waals surface area (Å²) in [5.74, 6) is 0.391. The third-order valence-electron chi connectivity index (χ3n) is 7.26. The molecule has 51 heavy (non-hydrogen) atoms. The Morgan fingerprint density at radius 1 is 0.882 bits per heavy atom. The van der Waals surface area contributed by atoms with Crippen LogP contribution in [0.4, 0.5) is 21.0 Å². The van der Waals surface area contributed by atoms with Crippen LogP contribution >= 0.6 is 0 Å². The lowest BCUT2D eigenvalue weighted by molar-refractivity contribution is -0.121. The van der Waals surface area contributed by atoms with Crippen molar-refractivity contribution < 1.29 is 37.7 Å². The summed E-state index contributed by atoms with van der Waals surface area (Å²) >= 11 is 0. The highest BCUT2D eigenvalue weighted by atomic mass is 16.6. The maximum Gasteiger partial charge on any atom is 0.415 e. The molecule has 2 N–H and O–H groups in total. The van der Waals surface area contributed by atoms with E-state index in [1.165, 1.54) is 11.0 Å². The van der Waals surface area contributed by atoms with Gasteiger partial charge in [0.2, 0.25) is 11.7 Å². The number of ether oxygens (including phenoxy) is 4. The lowest BCUT2D eigenvalue weighted by Gasteiger charge is -2.19. The Morgan fingerprint density at radius 2 is 1.65 bits per heavy atom. The molecule has 0 spiro atoms. The van der Waals surface area contributed by atoms with Gasteiger partial charge < -0.3 is 33.6 Å². The summed E-state index contributed by atoms with van der Waals surface area (Å²) in [6.45, 7) is 4.41. The fourth-order valence-electron chi connectivity index (χ4n) is 4.67. The van der Waals surface area contributed by atoms with Crippen LogP contribution in [0.25, 0.3) is 22.4 Å². The van der Waals surface area contributed by atoms with Gasteiger partial charge in [0.05, 0.1) is 19.8 Å². The van der Waals surface area contributed by atoms with E-state index < -0.39 is 17.8 Å². The molecular weight excluding hydrogens is 662 g/mol. The lowest BCUT2D eigenvalue weighted by Crippen LogP contribution is -2.33. The van der Waals surface area contributed by atoms with Gasteiger partial charge in [0.15, 0.2) is 5.82 Å². The van der Waals surface area contributed by atoms with Crippen molar-refractivity contribution in [2.24, 2.45) is 0 Å². The van der Waals surface area contributed by atoms with Gasteiger partial charge in [-0.15, -0.1) is 20.4 Å². The van der Waals surface area contributed by atoms with Crippen LogP contribution in [0.5, 0.6) is 5.75 Å². The molecule has 3 aromatic carbocycles. The van der Waals surface area contributed by atoms with E-state index in [-0.39, 0.29) is 43.1 Å². The number of methoxy groups -OCH3 is 1. The molecule has 2 heterocycles. The van der Waals surface area contributed by atoms with Crippen LogP contribution in [0, 0.1) is 6.92 Å². The number of nitrogens with zero attached hydrogens (tertiary/aromatic N) is 5. The van der Waals surface area contributed by atoms with Crippen LogP contribution in [0.3, 0.4) is 0 Å². The third-order valence-corrected chi connectivity index (χ3v) is 7.26. The Balaban J connectivity index is 1.09. The standard InChI is InChI=1S/C35H35N7O9/c1-4-42(19-30-38-40-33(41-39-30)24-6-5-7-25(17-24)36-31(43)21-48-15-14-47-3)35(46)50-27-11-8-23(9-12-27)20-49-34(45)37-26-10-13-28-22(2)16-32(44)51-29(28)18-26/h5-13,16-18H,4,14-15,19-21H2,1-3H3,(H,36,43)(H,37,45). The van der Waals surface area contributed by atoms with E-state index in [9.17, 15) is 19.2 Å². The molecule has 16 heteroatoms. The van der Waals surface area contributed by atoms with E-state index >= 15 is 0 Å². The summed E-state index contributed by atoms with van der Waals surface area (Å²) in [6, 6.07) is 19.7. The van der Waals surface area contributed by atoms with Crippen molar-refractivity contribution in [3.63, 3.8) is 0 Å². The average Bonchev–Trinajstić information content (AvgIpc) is 3.12. The number of nitrogens with one attached hydrogen (secondary N) is 2. The van der Waals surface area contributed by atoms with Gasteiger partial charge in [0.25, 0.3) is 0 Å². The van der Waals surface area contributed by atoms with Crippen LogP contribution in [0.1, 0.15) is 23.9 Å². The molecule has 0 unspecified atom stereocenters. The highest BCUT2D eigenvalue weighted by Gasteiger charge is 2.18. The average molecular weight is 698 g/mol. The number of anilines is 2. The molecule has 0 aliphatic rings. The normalized spacial score (nSPS) is 10.8. The first kappa shape index (κ1) is 36.0. The number of aromatic nitrogens is 4. The first-order chi connectivity index (χ1) is 24.7. The van der Waals surface area contributed by atoms with Crippen LogP contribution in [0.15, 0.2) is 82.0 Å². The summed E-state index contributed by atoms with van der Waals surface area (Å²) in [4.78, 5) is 50.5. The number of hydrogen-bond donors (Lipinski definition) is 2. The number of benzene rings is 3.